The number of benzene rings is 1. The average Bonchev–Trinajstić information content (AvgIpc) is 2.41. The first-order chi connectivity index (χ1) is 8.69. The van der Waals surface area contributed by atoms with E-state index in [-0.39, 0.29) is 5.78 Å². The number of carbonyl (C=O) groups excluding carboxylic acids is 2. The molecule has 96 valence electrons. The van der Waals surface area contributed by atoms with Crippen molar-refractivity contribution >= 4 is 11.6 Å². The van der Waals surface area contributed by atoms with Crippen LogP contribution in [0.15, 0.2) is 24.3 Å². The fraction of sp³-hybridized carbons (Fsp3) is 0.429. The number of hydrogen-bond acceptors (Lipinski definition) is 4. The fourth-order valence-electron chi connectivity index (χ4n) is 2.05. The van der Waals surface area contributed by atoms with E-state index in [0.717, 1.165) is 0 Å². The van der Waals surface area contributed by atoms with Gasteiger partial charge in [0.1, 0.15) is 11.5 Å². The Morgan fingerprint density at radius 2 is 2.06 bits per heavy atom. The predicted molar refractivity (Wildman–Crippen MR) is 68.0 cm³/mol. The van der Waals surface area contributed by atoms with Gasteiger partial charge in [-0.3, -0.25) is 14.5 Å². The van der Waals surface area contributed by atoms with Crippen LogP contribution in [0, 0.1) is 0 Å². The summed E-state index contributed by atoms with van der Waals surface area (Å²) < 4.78 is 5.10. The van der Waals surface area contributed by atoms with Crippen LogP contribution in [0.2, 0.25) is 0 Å². The smallest absolute Gasteiger partial charge is 0.176 e. The third kappa shape index (κ3) is 3.17. The second kappa shape index (κ2) is 5.78. The number of carbonyl (C=O) groups is 2. The molecular weight excluding hydrogens is 230 g/mol. The quantitative estimate of drug-likeness (QED) is 0.757. The Morgan fingerprint density at radius 3 is 2.72 bits per heavy atom. The first kappa shape index (κ1) is 12.8. The maximum atomic E-state index is 12.1. The van der Waals surface area contributed by atoms with Crippen molar-refractivity contribution in [3.05, 3.63) is 29.8 Å². The summed E-state index contributed by atoms with van der Waals surface area (Å²) in [6.45, 7) is 1.75. The third-order valence-electron chi connectivity index (χ3n) is 3.17. The highest BCUT2D eigenvalue weighted by molar-refractivity contribution is 5.98. The molecule has 1 saturated heterocycles. The van der Waals surface area contributed by atoms with Gasteiger partial charge in [0.05, 0.1) is 13.7 Å². The number of methoxy groups -OCH3 is 1. The molecule has 0 aromatic heterocycles. The summed E-state index contributed by atoms with van der Waals surface area (Å²) >= 11 is 0. The number of nitrogens with zero attached hydrogens (tertiary/aromatic N) is 1. The number of hydrogen-bond donors (Lipinski definition) is 0. The molecule has 0 amide bonds. The first-order valence-electron chi connectivity index (χ1n) is 6.10. The first-order valence-corrected chi connectivity index (χ1v) is 6.10. The Hall–Kier alpha value is -1.68. The van der Waals surface area contributed by atoms with Gasteiger partial charge in [-0.25, -0.2) is 0 Å². The molecule has 4 nitrogen and oxygen atoms in total. The van der Waals surface area contributed by atoms with Gasteiger partial charge in [0.2, 0.25) is 0 Å². The Labute approximate surface area is 107 Å². The normalized spacial score (nSPS) is 16.6. The number of ketones is 2. The molecule has 1 fully saturated rings. The lowest BCUT2D eigenvalue weighted by atomic mass is 10.1. The molecule has 0 spiro atoms. The second-order valence-electron chi connectivity index (χ2n) is 4.47. The lowest BCUT2D eigenvalue weighted by Gasteiger charge is -2.24. The van der Waals surface area contributed by atoms with Gasteiger partial charge in [0, 0.05) is 31.5 Å². The van der Waals surface area contributed by atoms with Crippen LogP contribution in [-0.4, -0.2) is 43.2 Å². The van der Waals surface area contributed by atoms with Crippen molar-refractivity contribution in [1.29, 1.82) is 0 Å². The molecule has 0 bridgehead atoms. The fourth-order valence-corrected chi connectivity index (χ4v) is 2.05. The standard InChI is InChI=1S/C14H17NO3/c1-18-13-4-2-3-11(9-13)14(17)10-15-7-5-12(16)6-8-15/h2-4,9H,5-8,10H2,1H3. The van der Waals surface area contributed by atoms with E-state index < -0.39 is 0 Å². The van der Waals surface area contributed by atoms with Gasteiger partial charge in [-0.2, -0.15) is 0 Å². The zero-order valence-corrected chi connectivity index (χ0v) is 10.5. The summed E-state index contributed by atoms with van der Waals surface area (Å²) in [5, 5.41) is 0. The molecule has 1 aliphatic heterocycles. The number of rotatable bonds is 4. The summed E-state index contributed by atoms with van der Waals surface area (Å²) in [6, 6.07) is 7.17. The van der Waals surface area contributed by atoms with Gasteiger partial charge in [0.15, 0.2) is 5.78 Å². The van der Waals surface area contributed by atoms with Gasteiger partial charge >= 0.3 is 0 Å². The summed E-state index contributed by atoms with van der Waals surface area (Å²) in [6.07, 6.45) is 1.12. The van der Waals surface area contributed by atoms with Gasteiger partial charge in [-0.15, -0.1) is 0 Å². The molecule has 0 aliphatic carbocycles. The Morgan fingerprint density at radius 1 is 1.33 bits per heavy atom. The minimum Gasteiger partial charge on any atom is -0.497 e. The van der Waals surface area contributed by atoms with Crippen molar-refractivity contribution in [2.75, 3.05) is 26.7 Å². The van der Waals surface area contributed by atoms with E-state index in [2.05, 4.69) is 0 Å². The van der Waals surface area contributed by atoms with E-state index in [1.807, 2.05) is 17.0 Å². The highest BCUT2D eigenvalue weighted by Gasteiger charge is 2.19. The molecule has 0 radical (unpaired) electrons. The zero-order valence-electron chi connectivity index (χ0n) is 10.5. The molecule has 0 N–H and O–H groups in total. The van der Waals surface area contributed by atoms with E-state index in [1.54, 1.807) is 19.2 Å². The van der Waals surface area contributed by atoms with Gasteiger partial charge < -0.3 is 4.74 Å². The highest BCUT2D eigenvalue weighted by atomic mass is 16.5. The van der Waals surface area contributed by atoms with Gasteiger partial charge in [-0.1, -0.05) is 12.1 Å². The van der Waals surface area contributed by atoms with Crippen molar-refractivity contribution in [2.24, 2.45) is 0 Å². The van der Waals surface area contributed by atoms with Crippen LogP contribution in [0.5, 0.6) is 5.75 Å². The minimum absolute atomic E-state index is 0.0725. The number of likely N-dealkylation sites (tertiary alicyclic amines) is 1. The lowest BCUT2D eigenvalue weighted by Crippen LogP contribution is -2.37. The molecule has 1 aromatic carbocycles. The van der Waals surface area contributed by atoms with Crippen molar-refractivity contribution in [3.8, 4) is 5.75 Å². The Balaban J connectivity index is 1.96. The predicted octanol–water partition coefficient (Wildman–Crippen LogP) is 1.54. The van der Waals surface area contributed by atoms with Gasteiger partial charge in [0.25, 0.3) is 0 Å². The average molecular weight is 247 g/mol. The largest absolute Gasteiger partial charge is 0.497 e. The molecule has 0 atom stereocenters. The molecule has 2 rings (SSSR count). The van der Waals surface area contributed by atoms with Crippen molar-refractivity contribution < 1.29 is 14.3 Å². The van der Waals surface area contributed by atoms with E-state index in [1.165, 1.54) is 0 Å². The molecule has 0 unspecified atom stereocenters. The van der Waals surface area contributed by atoms with Crippen LogP contribution >= 0.6 is 0 Å². The van der Waals surface area contributed by atoms with Crippen LogP contribution in [0.1, 0.15) is 23.2 Å². The Bertz CT molecular complexity index is 446. The van der Waals surface area contributed by atoms with E-state index >= 15 is 0 Å². The topological polar surface area (TPSA) is 46.6 Å². The number of piperidine rings is 1. The molecule has 18 heavy (non-hydrogen) atoms. The maximum absolute atomic E-state index is 12.1. The van der Waals surface area contributed by atoms with Crippen LogP contribution in [0.25, 0.3) is 0 Å². The molecule has 4 heteroatoms. The molecular formula is C14H17NO3. The lowest BCUT2D eigenvalue weighted by molar-refractivity contribution is -0.121. The molecule has 1 aromatic rings. The van der Waals surface area contributed by atoms with E-state index in [9.17, 15) is 9.59 Å². The van der Waals surface area contributed by atoms with Crippen molar-refractivity contribution in [1.82, 2.24) is 4.90 Å². The molecule has 0 saturated carbocycles. The van der Waals surface area contributed by atoms with E-state index in [4.69, 9.17) is 4.74 Å². The van der Waals surface area contributed by atoms with Gasteiger partial charge in [-0.05, 0) is 12.1 Å². The second-order valence-corrected chi connectivity index (χ2v) is 4.47. The third-order valence-corrected chi connectivity index (χ3v) is 3.17. The monoisotopic (exact) mass is 247 g/mol. The molecule has 1 aliphatic rings. The van der Waals surface area contributed by atoms with Crippen LogP contribution < -0.4 is 4.74 Å². The minimum atomic E-state index is 0.0725. The molecule has 1 heterocycles. The van der Waals surface area contributed by atoms with Crippen LogP contribution in [-0.2, 0) is 4.79 Å². The SMILES string of the molecule is COc1cccc(C(=O)CN2CCC(=O)CC2)c1. The van der Waals surface area contributed by atoms with Crippen molar-refractivity contribution in [3.63, 3.8) is 0 Å². The number of Topliss-reactive ketones (excluding diaryl/α,β-unsaturated/α-hetero) is 2. The maximum Gasteiger partial charge on any atom is 0.176 e. The number of ether oxygens (including phenoxy) is 1. The van der Waals surface area contributed by atoms with Crippen LogP contribution in [0.3, 0.4) is 0 Å². The summed E-state index contributed by atoms with van der Waals surface area (Å²) in [5.74, 6) is 1.05. The van der Waals surface area contributed by atoms with Crippen molar-refractivity contribution in [2.45, 2.75) is 12.8 Å². The summed E-state index contributed by atoms with van der Waals surface area (Å²) in [7, 11) is 1.58. The zero-order chi connectivity index (χ0) is 13.0. The Kier molecular flexibility index (Phi) is 4.10. The van der Waals surface area contributed by atoms with E-state index in [0.29, 0.717) is 49.6 Å². The van der Waals surface area contributed by atoms with Crippen LogP contribution in [0.4, 0.5) is 0 Å². The summed E-state index contributed by atoms with van der Waals surface area (Å²) in [4.78, 5) is 25.2. The summed E-state index contributed by atoms with van der Waals surface area (Å²) in [5.41, 5.74) is 0.659. The highest BCUT2D eigenvalue weighted by Crippen LogP contribution is 2.14.